The number of amides is 2. The van der Waals surface area contributed by atoms with Gasteiger partial charge in [0.1, 0.15) is 0 Å². The van der Waals surface area contributed by atoms with E-state index in [0.29, 0.717) is 37.8 Å². The fourth-order valence-corrected chi connectivity index (χ4v) is 11.0. The fraction of sp³-hybridized carbons (Fsp3) is 0.550. The molecule has 3 N–H and O–H groups in total. The third-order valence-electron chi connectivity index (χ3n) is 13.5. The van der Waals surface area contributed by atoms with E-state index in [0.717, 1.165) is 37.0 Å². The molecule has 6 aliphatic carbocycles. The van der Waals surface area contributed by atoms with Gasteiger partial charge in [-0.2, -0.15) is 0 Å². The van der Waals surface area contributed by atoms with Crippen LogP contribution in [0.2, 0.25) is 0 Å². The van der Waals surface area contributed by atoms with Crippen molar-refractivity contribution in [1.82, 2.24) is 10.2 Å². The van der Waals surface area contributed by atoms with Crippen LogP contribution in [0.1, 0.15) is 88.6 Å². The van der Waals surface area contributed by atoms with Crippen LogP contribution in [0, 0.1) is 45.1 Å². The molecule has 2 aromatic carbocycles. The summed E-state index contributed by atoms with van der Waals surface area (Å²) in [4.78, 5) is 30.0. The molecule has 2 amide bonds. The Hall–Kier alpha value is -3.36. The summed E-state index contributed by atoms with van der Waals surface area (Å²) >= 11 is 0. The van der Waals surface area contributed by atoms with E-state index in [-0.39, 0.29) is 47.2 Å². The molecule has 8 heteroatoms. The van der Waals surface area contributed by atoms with E-state index in [1.807, 2.05) is 44.2 Å². The highest BCUT2D eigenvalue weighted by molar-refractivity contribution is 6.10. The van der Waals surface area contributed by atoms with Gasteiger partial charge in [0.25, 0.3) is 0 Å². The Morgan fingerprint density at radius 1 is 0.938 bits per heavy atom. The van der Waals surface area contributed by atoms with Crippen molar-refractivity contribution in [2.45, 2.75) is 96.9 Å². The van der Waals surface area contributed by atoms with Crippen molar-refractivity contribution in [1.29, 1.82) is 0 Å². The number of rotatable bonds is 7. The smallest absolute Gasteiger partial charge is 0.317 e. The van der Waals surface area contributed by atoms with E-state index in [4.69, 9.17) is 0 Å². The van der Waals surface area contributed by atoms with Crippen LogP contribution < -0.4 is 5.32 Å². The standard InChI is InChI=1S/C40H48F2N2O4/c1-25(2)43-35(47)44(23-26-8-6-5-7-9-26)24-39(48)17-14-33-37(39,4)16-13-32-36(3)15-12-28(45)21-38(36)18-19-40(32,33)29(22-38)34(46)27-10-11-30(41)31(42)20-27/h5-11,18-20,22,25,28,32-33,45,48H,12-17,21,23-24H2,1-4H3,(H,43,47)/t28?,32-,33-,36-,37+,38+,39-,40-/m1/s1. The SMILES string of the molecule is CC(C)NC(=O)N(Cc1ccccc1)C[C@]1(O)CC[C@H]2[C@]34C=C[C@@]5(C=C3C(=O)c3ccc(F)c(F)c3)CC(O)CC[C@]5(C)[C@H]4CC[C@@]21C. The average Bonchev–Trinajstić information content (AvgIpc) is 3.31. The molecule has 2 spiro atoms. The zero-order chi connectivity index (χ0) is 34.3. The van der Waals surface area contributed by atoms with Gasteiger partial charge in [0, 0.05) is 40.0 Å². The molecule has 8 rings (SSSR count). The van der Waals surface area contributed by atoms with Crippen LogP contribution in [0.15, 0.2) is 72.3 Å². The van der Waals surface area contributed by atoms with E-state index < -0.39 is 39.6 Å². The maximum atomic E-state index is 14.6. The van der Waals surface area contributed by atoms with Crippen LogP contribution in [-0.2, 0) is 6.54 Å². The molecule has 8 atom stereocenters. The van der Waals surface area contributed by atoms with E-state index in [1.165, 1.54) is 6.07 Å². The minimum absolute atomic E-state index is 0.0573. The van der Waals surface area contributed by atoms with Gasteiger partial charge in [-0.15, -0.1) is 0 Å². The van der Waals surface area contributed by atoms with Crippen LogP contribution in [-0.4, -0.2) is 51.2 Å². The molecule has 0 saturated heterocycles. The number of Topliss-reactive ketones (excluding diaryl/α,β-unsaturated/α-hetero) is 1. The molecule has 1 unspecified atom stereocenters. The highest BCUT2D eigenvalue weighted by Crippen LogP contribution is 2.78. The zero-order valence-electron chi connectivity index (χ0n) is 28.4. The average molecular weight is 659 g/mol. The summed E-state index contributed by atoms with van der Waals surface area (Å²) in [6.45, 7) is 8.76. The summed E-state index contributed by atoms with van der Waals surface area (Å²) in [5.41, 5.74) is -1.76. The van der Waals surface area contributed by atoms with Gasteiger partial charge in [-0.3, -0.25) is 4.79 Å². The lowest BCUT2D eigenvalue weighted by Crippen LogP contribution is -2.67. The number of hydrogen-bond acceptors (Lipinski definition) is 4. The Labute approximate surface area is 282 Å². The summed E-state index contributed by atoms with van der Waals surface area (Å²) in [5.74, 6) is -2.48. The van der Waals surface area contributed by atoms with Gasteiger partial charge >= 0.3 is 6.03 Å². The third kappa shape index (κ3) is 4.68. The Kier molecular flexibility index (Phi) is 7.83. The Bertz CT molecular complexity index is 1690. The lowest BCUT2D eigenvalue weighted by Gasteiger charge is -2.71. The molecule has 6 aliphatic rings. The molecule has 0 radical (unpaired) electrons. The topological polar surface area (TPSA) is 89.9 Å². The van der Waals surface area contributed by atoms with Gasteiger partial charge in [0.2, 0.25) is 0 Å². The number of aliphatic hydroxyl groups is 2. The largest absolute Gasteiger partial charge is 0.393 e. The van der Waals surface area contributed by atoms with Crippen molar-refractivity contribution in [3.05, 3.63) is 95.1 Å². The second-order valence-electron chi connectivity index (χ2n) is 16.2. The van der Waals surface area contributed by atoms with Crippen molar-refractivity contribution in [2.24, 2.45) is 33.5 Å². The maximum absolute atomic E-state index is 14.6. The van der Waals surface area contributed by atoms with E-state index in [2.05, 4.69) is 37.4 Å². The minimum atomic E-state index is -1.24. The molecule has 2 aromatic rings. The van der Waals surface area contributed by atoms with Crippen molar-refractivity contribution in [2.75, 3.05) is 6.54 Å². The highest BCUT2D eigenvalue weighted by Gasteiger charge is 2.74. The lowest BCUT2D eigenvalue weighted by molar-refractivity contribution is -0.174. The van der Waals surface area contributed by atoms with Gasteiger partial charge in [-0.05, 0) is 99.8 Å². The number of carbonyl (C=O) groups is 2. The quantitative estimate of drug-likeness (QED) is 0.214. The first-order valence-corrected chi connectivity index (χ1v) is 17.6. The van der Waals surface area contributed by atoms with E-state index in [9.17, 15) is 28.6 Å². The molecule has 0 heterocycles. The van der Waals surface area contributed by atoms with Crippen LogP contribution in [0.4, 0.5) is 13.6 Å². The first kappa shape index (κ1) is 33.2. The first-order valence-electron chi connectivity index (χ1n) is 17.6. The van der Waals surface area contributed by atoms with Crippen molar-refractivity contribution in [3.63, 3.8) is 0 Å². The van der Waals surface area contributed by atoms with Gasteiger partial charge in [0.15, 0.2) is 17.4 Å². The molecular weight excluding hydrogens is 610 g/mol. The molecule has 3 fully saturated rings. The highest BCUT2D eigenvalue weighted by atomic mass is 19.2. The maximum Gasteiger partial charge on any atom is 0.317 e. The molecule has 48 heavy (non-hydrogen) atoms. The van der Waals surface area contributed by atoms with Gasteiger partial charge < -0.3 is 20.4 Å². The number of nitrogens with one attached hydrogen (secondary N) is 1. The number of nitrogens with zero attached hydrogens (tertiary/aromatic N) is 1. The van der Waals surface area contributed by atoms with Crippen LogP contribution in [0.5, 0.6) is 0 Å². The van der Waals surface area contributed by atoms with Crippen LogP contribution >= 0.6 is 0 Å². The molecule has 256 valence electrons. The third-order valence-corrected chi connectivity index (χ3v) is 13.5. The van der Waals surface area contributed by atoms with Crippen molar-refractivity contribution < 1.29 is 28.6 Å². The van der Waals surface area contributed by atoms with Gasteiger partial charge in [-0.25, -0.2) is 13.6 Å². The zero-order valence-corrected chi connectivity index (χ0v) is 28.4. The van der Waals surface area contributed by atoms with E-state index in [1.54, 1.807) is 4.90 Å². The summed E-state index contributed by atoms with van der Waals surface area (Å²) in [7, 11) is 0. The summed E-state index contributed by atoms with van der Waals surface area (Å²) in [5, 5.41) is 26.8. The van der Waals surface area contributed by atoms with Crippen molar-refractivity contribution >= 4 is 11.8 Å². The molecule has 3 saturated carbocycles. The second kappa shape index (κ2) is 11.3. The lowest BCUT2D eigenvalue weighted by atomic mass is 9.32. The predicted molar refractivity (Wildman–Crippen MR) is 180 cm³/mol. The number of aliphatic hydroxyl groups excluding tert-OH is 1. The number of ketones is 1. The normalized spacial score (nSPS) is 37.8. The number of allylic oxidation sites excluding steroid dienone is 4. The predicted octanol–water partition coefficient (Wildman–Crippen LogP) is 7.36. The number of halogens is 2. The Morgan fingerprint density at radius 3 is 2.33 bits per heavy atom. The number of urea groups is 1. The Balaban J connectivity index is 1.32. The molecule has 0 aromatic heterocycles. The first-order chi connectivity index (χ1) is 22.7. The Morgan fingerprint density at radius 2 is 1.62 bits per heavy atom. The number of benzene rings is 2. The van der Waals surface area contributed by atoms with E-state index >= 15 is 0 Å². The van der Waals surface area contributed by atoms with Gasteiger partial charge in [0.05, 0.1) is 18.2 Å². The van der Waals surface area contributed by atoms with Crippen LogP contribution in [0.25, 0.3) is 0 Å². The van der Waals surface area contributed by atoms with Gasteiger partial charge in [-0.1, -0.05) is 62.4 Å². The monoisotopic (exact) mass is 658 g/mol. The molecule has 0 aliphatic heterocycles. The summed E-state index contributed by atoms with van der Waals surface area (Å²) < 4.78 is 28.6. The second-order valence-corrected chi connectivity index (χ2v) is 16.2. The summed E-state index contributed by atoms with van der Waals surface area (Å²) in [6.07, 6.45) is 10.6. The number of carbonyl (C=O) groups excluding carboxylic acids is 2. The number of fused-ring (bicyclic) bond motifs is 1. The minimum Gasteiger partial charge on any atom is -0.393 e. The molecule has 6 nitrogen and oxygen atoms in total. The van der Waals surface area contributed by atoms with Crippen molar-refractivity contribution in [3.8, 4) is 0 Å². The van der Waals surface area contributed by atoms with Crippen LogP contribution in [0.3, 0.4) is 0 Å². The molecular formula is C40H48F2N2O4. The molecule has 2 bridgehead atoms. The number of hydrogen-bond donors (Lipinski definition) is 3. The fourth-order valence-electron chi connectivity index (χ4n) is 11.0. The summed E-state index contributed by atoms with van der Waals surface area (Å²) in [6, 6.07) is 12.8.